The highest BCUT2D eigenvalue weighted by Gasteiger charge is 2.43. The first-order chi connectivity index (χ1) is 10.5. The van der Waals surface area contributed by atoms with Crippen LogP contribution < -0.4 is 4.90 Å². The Morgan fingerprint density at radius 2 is 1.86 bits per heavy atom. The SMILES string of the molecule is Cc1noc(C)c1CN1C(=O)C(C)N(c2ccccc2)C1=O. The van der Waals surface area contributed by atoms with Gasteiger partial charge in [0.05, 0.1) is 12.2 Å². The summed E-state index contributed by atoms with van der Waals surface area (Å²) < 4.78 is 5.10. The van der Waals surface area contributed by atoms with Gasteiger partial charge in [0.25, 0.3) is 5.91 Å². The van der Waals surface area contributed by atoms with Crippen molar-refractivity contribution in [3.63, 3.8) is 0 Å². The number of aryl methyl sites for hydroxylation is 2. The molecule has 0 bridgehead atoms. The molecule has 3 amide bonds. The maximum atomic E-state index is 12.7. The Hall–Kier alpha value is -2.63. The van der Waals surface area contributed by atoms with Crippen molar-refractivity contribution < 1.29 is 14.1 Å². The highest BCUT2D eigenvalue weighted by Crippen LogP contribution is 2.27. The number of urea groups is 1. The van der Waals surface area contributed by atoms with E-state index in [0.29, 0.717) is 11.5 Å². The van der Waals surface area contributed by atoms with E-state index in [4.69, 9.17) is 4.52 Å². The highest BCUT2D eigenvalue weighted by molar-refractivity contribution is 6.13. The van der Waals surface area contributed by atoms with E-state index in [1.165, 1.54) is 9.80 Å². The van der Waals surface area contributed by atoms with Crippen LogP contribution in [0.25, 0.3) is 0 Å². The van der Waals surface area contributed by atoms with Gasteiger partial charge in [-0.05, 0) is 32.9 Å². The second-order valence-corrected chi connectivity index (χ2v) is 5.39. The third-order valence-electron chi connectivity index (χ3n) is 3.98. The van der Waals surface area contributed by atoms with Crippen LogP contribution in [0.5, 0.6) is 0 Å². The maximum absolute atomic E-state index is 12.7. The zero-order valence-electron chi connectivity index (χ0n) is 12.7. The van der Waals surface area contributed by atoms with Crippen LogP contribution in [-0.2, 0) is 11.3 Å². The molecule has 1 aromatic carbocycles. The lowest BCUT2D eigenvalue weighted by atomic mass is 10.2. The molecule has 2 heterocycles. The van der Waals surface area contributed by atoms with Crippen LogP contribution in [0, 0.1) is 13.8 Å². The maximum Gasteiger partial charge on any atom is 0.332 e. The van der Waals surface area contributed by atoms with Crippen molar-refractivity contribution in [1.82, 2.24) is 10.1 Å². The van der Waals surface area contributed by atoms with E-state index < -0.39 is 6.04 Å². The fraction of sp³-hybridized carbons (Fsp3) is 0.312. The number of carbonyl (C=O) groups is 2. The van der Waals surface area contributed by atoms with Crippen molar-refractivity contribution in [1.29, 1.82) is 0 Å². The fourth-order valence-electron chi connectivity index (χ4n) is 2.68. The van der Waals surface area contributed by atoms with Crippen molar-refractivity contribution in [2.45, 2.75) is 33.4 Å². The van der Waals surface area contributed by atoms with Crippen LogP contribution in [0.2, 0.25) is 0 Å². The summed E-state index contributed by atoms with van der Waals surface area (Å²) in [5.41, 5.74) is 2.20. The molecule has 1 aliphatic heterocycles. The molecule has 1 atom stereocenters. The number of hydrogen-bond donors (Lipinski definition) is 0. The lowest BCUT2D eigenvalue weighted by Crippen LogP contribution is -2.33. The summed E-state index contributed by atoms with van der Waals surface area (Å²) >= 11 is 0. The summed E-state index contributed by atoms with van der Waals surface area (Å²) in [4.78, 5) is 27.9. The number of nitrogens with zero attached hydrogens (tertiary/aromatic N) is 3. The molecule has 1 aromatic heterocycles. The van der Waals surface area contributed by atoms with Gasteiger partial charge in [-0.3, -0.25) is 14.6 Å². The lowest BCUT2D eigenvalue weighted by Gasteiger charge is -2.19. The Kier molecular flexibility index (Phi) is 3.44. The molecule has 22 heavy (non-hydrogen) atoms. The average molecular weight is 299 g/mol. The molecule has 6 heteroatoms. The third kappa shape index (κ3) is 2.16. The number of hydrogen-bond acceptors (Lipinski definition) is 4. The quantitative estimate of drug-likeness (QED) is 0.817. The zero-order chi connectivity index (χ0) is 15.9. The number of imide groups is 1. The van der Waals surface area contributed by atoms with E-state index in [0.717, 1.165) is 11.3 Å². The van der Waals surface area contributed by atoms with Crippen LogP contribution >= 0.6 is 0 Å². The molecular weight excluding hydrogens is 282 g/mol. The number of anilines is 1. The highest BCUT2D eigenvalue weighted by atomic mass is 16.5. The number of rotatable bonds is 3. The van der Waals surface area contributed by atoms with Gasteiger partial charge in [0, 0.05) is 11.3 Å². The molecule has 0 aliphatic carbocycles. The molecule has 3 rings (SSSR count). The Labute approximate surface area is 128 Å². The fourth-order valence-corrected chi connectivity index (χ4v) is 2.68. The van der Waals surface area contributed by atoms with Gasteiger partial charge in [-0.1, -0.05) is 23.4 Å². The Balaban J connectivity index is 1.91. The van der Waals surface area contributed by atoms with Gasteiger partial charge in [-0.25, -0.2) is 4.79 Å². The summed E-state index contributed by atoms with van der Waals surface area (Å²) in [5.74, 6) is 0.415. The van der Waals surface area contributed by atoms with E-state index in [1.54, 1.807) is 20.8 Å². The molecule has 6 nitrogen and oxygen atoms in total. The monoisotopic (exact) mass is 299 g/mol. The second-order valence-electron chi connectivity index (χ2n) is 5.39. The Bertz CT molecular complexity index is 704. The molecule has 0 N–H and O–H groups in total. The van der Waals surface area contributed by atoms with Crippen LogP contribution in [0.1, 0.15) is 23.9 Å². The van der Waals surface area contributed by atoms with Crippen LogP contribution in [0.3, 0.4) is 0 Å². The molecule has 114 valence electrons. The molecule has 1 saturated heterocycles. The predicted molar refractivity (Wildman–Crippen MR) is 80.3 cm³/mol. The van der Waals surface area contributed by atoms with Gasteiger partial charge in [-0.15, -0.1) is 0 Å². The minimum absolute atomic E-state index is 0.187. The van der Waals surface area contributed by atoms with Crippen LogP contribution in [-0.4, -0.2) is 28.0 Å². The first kappa shape index (κ1) is 14.3. The largest absolute Gasteiger partial charge is 0.361 e. The smallest absolute Gasteiger partial charge is 0.332 e. The summed E-state index contributed by atoms with van der Waals surface area (Å²) in [6, 6.07) is 8.37. The van der Waals surface area contributed by atoms with Gasteiger partial charge < -0.3 is 4.52 Å². The second kappa shape index (κ2) is 5.29. The number of para-hydroxylation sites is 1. The summed E-state index contributed by atoms with van der Waals surface area (Å²) in [6.07, 6.45) is 0. The van der Waals surface area contributed by atoms with Gasteiger partial charge >= 0.3 is 6.03 Å². The average Bonchev–Trinajstić information content (AvgIpc) is 2.93. The Morgan fingerprint density at radius 3 is 2.45 bits per heavy atom. The van der Waals surface area contributed by atoms with Crippen molar-refractivity contribution in [3.8, 4) is 0 Å². The van der Waals surface area contributed by atoms with E-state index in [-0.39, 0.29) is 18.5 Å². The number of benzene rings is 1. The van der Waals surface area contributed by atoms with Gasteiger partial charge in [-0.2, -0.15) is 0 Å². The number of aromatic nitrogens is 1. The van der Waals surface area contributed by atoms with Crippen molar-refractivity contribution in [3.05, 3.63) is 47.3 Å². The molecule has 1 aliphatic rings. The van der Waals surface area contributed by atoms with Gasteiger partial charge in [0.15, 0.2) is 0 Å². The topological polar surface area (TPSA) is 66.7 Å². The van der Waals surface area contributed by atoms with Crippen molar-refractivity contribution in [2.24, 2.45) is 0 Å². The number of carbonyl (C=O) groups excluding carboxylic acids is 2. The molecule has 0 saturated carbocycles. The zero-order valence-corrected chi connectivity index (χ0v) is 12.7. The van der Waals surface area contributed by atoms with Crippen LogP contribution in [0.15, 0.2) is 34.9 Å². The van der Waals surface area contributed by atoms with Crippen molar-refractivity contribution in [2.75, 3.05) is 4.90 Å². The standard InChI is InChI=1S/C16H17N3O3/c1-10-14(12(3)22-17-10)9-18-15(20)11(2)19(16(18)21)13-7-5-4-6-8-13/h4-8,11H,9H2,1-3H3. The molecule has 0 radical (unpaired) electrons. The summed E-state index contributed by atoms with van der Waals surface area (Å²) in [6.45, 7) is 5.50. The first-order valence-electron chi connectivity index (χ1n) is 7.12. The first-order valence-corrected chi connectivity index (χ1v) is 7.12. The van der Waals surface area contributed by atoms with E-state index in [1.807, 2.05) is 30.3 Å². The van der Waals surface area contributed by atoms with Crippen LogP contribution in [0.4, 0.5) is 10.5 Å². The van der Waals surface area contributed by atoms with E-state index >= 15 is 0 Å². The minimum atomic E-state index is -0.518. The summed E-state index contributed by atoms with van der Waals surface area (Å²) in [5, 5.41) is 3.87. The third-order valence-corrected chi connectivity index (χ3v) is 3.98. The predicted octanol–water partition coefficient (Wildman–Crippen LogP) is 2.65. The van der Waals surface area contributed by atoms with E-state index in [2.05, 4.69) is 5.16 Å². The van der Waals surface area contributed by atoms with Gasteiger partial charge in [0.1, 0.15) is 11.8 Å². The molecular formula is C16H17N3O3. The van der Waals surface area contributed by atoms with Crippen molar-refractivity contribution >= 4 is 17.6 Å². The molecule has 1 fully saturated rings. The lowest BCUT2D eigenvalue weighted by molar-refractivity contribution is -0.127. The normalized spacial score (nSPS) is 18.4. The molecule has 1 unspecified atom stereocenters. The van der Waals surface area contributed by atoms with Gasteiger partial charge in [0.2, 0.25) is 0 Å². The molecule has 2 aromatic rings. The Morgan fingerprint density at radius 1 is 1.18 bits per heavy atom. The number of amides is 3. The minimum Gasteiger partial charge on any atom is -0.361 e. The molecule has 0 spiro atoms. The van der Waals surface area contributed by atoms with E-state index in [9.17, 15) is 9.59 Å². The summed E-state index contributed by atoms with van der Waals surface area (Å²) in [7, 11) is 0.